The molecule has 7 nitrogen and oxygen atoms in total. The molecule has 1 saturated carbocycles. The monoisotopic (exact) mass is 320 g/mol. The Kier molecular flexibility index (Phi) is 4.95. The van der Waals surface area contributed by atoms with Gasteiger partial charge in [-0.3, -0.25) is 4.79 Å². The van der Waals surface area contributed by atoms with Crippen molar-refractivity contribution in [1.82, 2.24) is 19.8 Å². The van der Waals surface area contributed by atoms with E-state index in [4.69, 9.17) is 4.74 Å². The molecule has 3 rings (SSSR count). The van der Waals surface area contributed by atoms with E-state index in [0.29, 0.717) is 44.5 Å². The number of aromatic nitrogens is 2. The number of nitrogens with one attached hydrogen (secondary N) is 1. The smallest absolute Gasteiger partial charge is 0.317 e. The Morgan fingerprint density at radius 2 is 2.22 bits per heavy atom. The van der Waals surface area contributed by atoms with Crippen LogP contribution in [0.5, 0.6) is 0 Å². The Labute approximate surface area is 135 Å². The summed E-state index contributed by atoms with van der Waals surface area (Å²) < 4.78 is 7.22. The van der Waals surface area contributed by atoms with Crippen LogP contribution in [0.1, 0.15) is 36.9 Å². The van der Waals surface area contributed by atoms with Gasteiger partial charge in [-0.2, -0.15) is 0 Å². The Morgan fingerprint density at radius 3 is 3.00 bits per heavy atom. The zero-order valence-electron chi connectivity index (χ0n) is 13.6. The molecule has 126 valence electrons. The summed E-state index contributed by atoms with van der Waals surface area (Å²) in [5.74, 6) is 0. The van der Waals surface area contributed by atoms with Crippen LogP contribution in [-0.4, -0.2) is 46.3 Å². The first-order valence-corrected chi connectivity index (χ1v) is 8.33. The first kappa shape index (κ1) is 16.0. The van der Waals surface area contributed by atoms with E-state index in [2.05, 4.69) is 10.3 Å². The molecule has 7 heteroatoms. The fraction of sp³-hybridized carbons (Fsp3) is 0.688. The molecule has 2 amide bonds. The van der Waals surface area contributed by atoms with Crippen molar-refractivity contribution < 1.29 is 9.53 Å². The number of hydrogen-bond acceptors (Lipinski definition) is 4. The maximum atomic E-state index is 12.2. The molecule has 1 aliphatic carbocycles. The Bertz CT molecular complexity index is 622. The Balaban J connectivity index is 1.47. The second-order valence-corrected chi connectivity index (χ2v) is 6.27. The first-order chi connectivity index (χ1) is 11.1. The molecule has 0 aromatic carbocycles. The zero-order valence-corrected chi connectivity index (χ0v) is 13.6. The minimum absolute atomic E-state index is 0.0139. The molecule has 2 aliphatic rings. The van der Waals surface area contributed by atoms with Crippen LogP contribution in [0.2, 0.25) is 0 Å². The van der Waals surface area contributed by atoms with Gasteiger partial charge in [0.05, 0.1) is 31.3 Å². The molecule has 2 heterocycles. The summed E-state index contributed by atoms with van der Waals surface area (Å²) in [4.78, 5) is 30.2. The fourth-order valence-electron chi connectivity index (χ4n) is 3.24. The van der Waals surface area contributed by atoms with Crippen LogP contribution >= 0.6 is 0 Å². The number of urea groups is 1. The average molecular weight is 320 g/mol. The van der Waals surface area contributed by atoms with Crippen molar-refractivity contribution in [2.45, 2.75) is 44.8 Å². The molecule has 0 bridgehead atoms. The lowest BCUT2D eigenvalue weighted by atomic mass is 10.1. The number of amides is 2. The summed E-state index contributed by atoms with van der Waals surface area (Å²) in [6.07, 6.45) is 7.21. The van der Waals surface area contributed by atoms with Gasteiger partial charge in [0.1, 0.15) is 0 Å². The van der Waals surface area contributed by atoms with E-state index in [0.717, 1.165) is 18.4 Å². The maximum Gasteiger partial charge on any atom is 0.317 e. The third kappa shape index (κ3) is 3.72. The molecule has 0 atom stereocenters. The molecule has 0 spiro atoms. The highest BCUT2D eigenvalue weighted by Gasteiger charge is 2.24. The predicted molar refractivity (Wildman–Crippen MR) is 85.2 cm³/mol. The van der Waals surface area contributed by atoms with Crippen LogP contribution in [0.25, 0.3) is 0 Å². The molecular weight excluding hydrogens is 296 g/mol. The molecule has 0 saturated heterocycles. The van der Waals surface area contributed by atoms with Gasteiger partial charge in [-0.1, -0.05) is 12.8 Å². The van der Waals surface area contributed by atoms with E-state index in [1.54, 1.807) is 11.9 Å². The maximum absolute atomic E-state index is 12.2. The number of fused-ring (bicyclic) bond motifs is 1. The number of carbonyl (C=O) groups is 1. The van der Waals surface area contributed by atoms with E-state index >= 15 is 0 Å². The molecule has 23 heavy (non-hydrogen) atoms. The highest BCUT2D eigenvalue weighted by Crippen LogP contribution is 2.20. The summed E-state index contributed by atoms with van der Waals surface area (Å²) in [6.45, 7) is 2.01. The molecule has 1 N–H and O–H groups in total. The van der Waals surface area contributed by atoms with Gasteiger partial charge < -0.3 is 19.5 Å². The SMILES string of the molecule is Cn1cnc2c(c1=O)CCN(C(=O)NCCOC1CCCC1)C2. The summed E-state index contributed by atoms with van der Waals surface area (Å²) in [5, 5.41) is 2.88. The normalized spacial score (nSPS) is 18.0. The molecule has 1 aromatic heterocycles. The summed E-state index contributed by atoms with van der Waals surface area (Å²) in [5.41, 5.74) is 1.42. The van der Waals surface area contributed by atoms with Crippen LogP contribution < -0.4 is 10.9 Å². The highest BCUT2D eigenvalue weighted by molar-refractivity contribution is 5.74. The first-order valence-electron chi connectivity index (χ1n) is 8.33. The molecular formula is C16H24N4O3. The fourth-order valence-corrected chi connectivity index (χ4v) is 3.24. The zero-order chi connectivity index (χ0) is 16.2. The van der Waals surface area contributed by atoms with Crippen molar-refractivity contribution in [1.29, 1.82) is 0 Å². The number of rotatable bonds is 4. The van der Waals surface area contributed by atoms with Crippen molar-refractivity contribution in [3.05, 3.63) is 27.9 Å². The van der Waals surface area contributed by atoms with Crippen molar-refractivity contribution in [3.8, 4) is 0 Å². The van der Waals surface area contributed by atoms with Crippen LogP contribution in [0.4, 0.5) is 4.79 Å². The molecule has 1 aliphatic heterocycles. The molecule has 1 fully saturated rings. The molecule has 0 radical (unpaired) electrons. The van der Waals surface area contributed by atoms with E-state index in [-0.39, 0.29) is 11.6 Å². The average Bonchev–Trinajstić information content (AvgIpc) is 3.08. The van der Waals surface area contributed by atoms with E-state index < -0.39 is 0 Å². The number of hydrogen-bond donors (Lipinski definition) is 1. The number of ether oxygens (including phenoxy) is 1. The lowest BCUT2D eigenvalue weighted by Gasteiger charge is -2.28. The number of carbonyl (C=O) groups excluding carboxylic acids is 1. The van der Waals surface area contributed by atoms with Crippen LogP contribution in [0, 0.1) is 0 Å². The van der Waals surface area contributed by atoms with Crippen LogP contribution in [0.3, 0.4) is 0 Å². The number of aryl methyl sites for hydroxylation is 1. The summed E-state index contributed by atoms with van der Waals surface area (Å²) >= 11 is 0. The third-order valence-electron chi connectivity index (χ3n) is 4.61. The minimum Gasteiger partial charge on any atom is -0.376 e. The van der Waals surface area contributed by atoms with Crippen LogP contribution in [0.15, 0.2) is 11.1 Å². The number of nitrogens with zero attached hydrogens (tertiary/aromatic N) is 3. The van der Waals surface area contributed by atoms with Gasteiger partial charge in [0.2, 0.25) is 0 Å². The van der Waals surface area contributed by atoms with Gasteiger partial charge in [-0.25, -0.2) is 9.78 Å². The molecule has 0 unspecified atom stereocenters. The quantitative estimate of drug-likeness (QED) is 0.833. The van der Waals surface area contributed by atoms with Crippen LogP contribution in [-0.2, 0) is 24.8 Å². The topological polar surface area (TPSA) is 76.5 Å². The Morgan fingerprint density at radius 1 is 1.43 bits per heavy atom. The lowest BCUT2D eigenvalue weighted by molar-refractivity contribution is 0.0604. The minimum atomic E-state index is -0.117. The van der Waals surface area contributed by atoms with E-state index in [9.17, 15) is 9.59 Å². The van der Waals surface area contributed by atoms with Gasteiger partial charge in [0, 0.05) is 25.7 Å². The van der Waals surface area contributed by atoms with Crippen molar-refractivity contribution in [3.63, 3.8) is 0 Å². The van der Waals surface area contributed by atoms with Gasteiger partial charge in [0.25, 0.3) is 5.56 Å². The summed E-state index contributed by atoms with van der Waals surface area (Å²) in [7, 11) is 1.69. The Hall–Kier alpha value is -1.89. The lowest BCUT2D eigenvalue weighted by Crippen LogP contribution is -2.45. The second-order valence-electron chi connectivity index (χ2n) is 6.27. The highest BCUT2D eigenvalue weighted by atomic mass is 16.5. The van der Waals surface area contributed by atoms with Gasteiger partial charge in [-0.15, -0.1) is 0 Å². The van der Waals surface area contributed by atoms with Gasteiger partial charge in [0.15, 0.2) is 0 Å². The van der Waals surface area contributed by atoms with Gasteiger partial charge in [-0.05, 0) is 19.3 Å². The largest absolute Gasteiger partial charge is 0.376 e. The summed E-state index contributed by atoms with van der Waals surface area (Å²) in [6, 6.07) is -0.117. The predicted octanol–water partition coefficient (Wildman–Crippen LogP) is 0.807. The van der Waals surface area contributed by atoms with Crippen molar-refractivity contribution in [2.24, 2.45) is 7.05 Å². The van der Waals surface area contributed by atoms with E-state index in [1.165, 1.54) is 23.7 Å². The van der Waals surface area contributed by atoms with Gasteiger partial charge >= 0.3 is 6.03 Å². The molecule has 1 aromatic rings. The second kappa shape index (κ2) is 7.12. The van der Waals surface area contributed by atoms with E-state index in [1.807, 2.05) is 0 Å². The third-order valence-corrected chi connectivity index (χ3v) is 4.61. The standard InChI is InChI=1S/C16H24N4O3/c1-19-11-18-14-10-20(8-6-13(14)15(19)21)16(22)17-7-9-23-12-4-2-3-5-12/h11-12H,2-10H2,1H3,(H,17,22). The van der Waals surface area contributed by atoms with Crippen molar-refractivity contribution in [2.75, 3.05) is 19.7 Å². The van der Waals surface area contributed by atoms with Crippen molar-refractivity contribution >= 4 is 6.03 Å².